The van der Waals surface area contributed by atoms with E-state index in [-0.39, 0.29) is 35.2 Å². The molecule has 4 N–H and O–H groups in total. The molecule has 2 aromatic carbocycles. The normalized spacial score (nSPS) is 12.8. The molecular formula is C10H8NNaO9S3. The molecule has 2 rings (SSSR count). The van der Waals surface area contributed by atoms with Crippen molar-refractivity contribution in [1.82, 2.24) is 0 Å². The van der Waals surface area contributed by atoms with Gasteiger partial charge < -0.3 is 10.3 Å². The molecule has 0 saturated carbocycles. The van der Waals surface area contributed by atoms with Gasteiger partial charge >= 0.3 is 29.6 Å². The summed E-state index contributed by atoms with van der Waals surface area (Å²) in [5.41, 5.74) is 5.22. The molecule has 0 heterocycles. The van der Waals surface area contributed by atoms with Crippen molar-refractivity contribution in [2.24, 2.45) is 0 Å². The van der Waals surface area contributed by atoms with Gasteiger partial charge in [0.15, 0.2) is 0 Å². The van der Waals surface area contributed by atoms with Gasteiger partial charge in [-0.25, -0.2) is 8.42 Å². The molecule has 10 nitrogen and oxygen atoms in total. The van der Waals surface area contributed by atoms with Crippen molar-refractivity contribution in [1.29, 1.82) is 0 Å². The van der Waals surface area contributed by atoms with E-state index in [1.54, 1.807) is 0 Å². The molecule has 0 radical (unpaired) electrons. The summed E-state index contributed by atoms with van der Waals surface area (Å²) in [7, 11) is -15.2. The monoisotopic (exact) mass is 405 g/mol. The first-order chi connectivity index (χ1) is 10.2. The largest absolute Gasteiger partial charge is 1.00 e. The zero-order valence-corrected chi connectivity index (χ0v) is 16.3. The summed E-state index contributed by atoms with van der Waals surface area (Å²) in [6, 6.07) is 2.63. The van der Waals surface area contributed by atoms with Gasteiger partial charge in [0.2, 0.25) is 0 Å². The van der Waals surface area contributed by atoms with Gasteiger partial charge in [-0.1, -0.05) is 0 Å². The molecule has 0 aliphatic heterocycles. The van der Waals surface area contributed by atoms with Crippen LogP contribution in [0.1, 0.15) is 0 Å². The van der Waals surface area contributed by atoms with Gasteiger partial charge in [-0.05, 0) is 24.3 Å². The van der Waals surface area contributed by atoms with E-state index in [0.717, 1.165) is 12.1 Å². The third kappa shape index (κ3) is 4.07. The number of anilines is 1. The SMILES string of the molecule is Nc1ccc(S(=O)(=O)O)c2cc(S(=O)(=O)[O-])cc(S(=O)(=O)O)c12.[Na+]. The summed E-state index contributed by atoms with van der Waals surface area (Å²) in [5, 5.41) is -1.19. The Morgan fingerprint density at radius 3 is 1.79 bits per heavy atom. The standard InChI is InChI=1S/C10H9NO9S3.Na/c11-7-1-2-8(22(15,16)17)6-3-5(21(12,13)14)4-9(10(6)7)23(18,19)20;/h1-4H,11H2,(H,12,13,14)(H,15,16,17)(H,18,19,20);/q;+1/p-1. The van der Waals surface area contributed by atoms with Gasteiger partial charge in [-0.15, -0.1) is 0 Å². The molecule has 0 spiro atoms. The zero-order chi connectivity index (χ0) is 17.8. The molecule has 0 fully saturated rings. The van der Waals surface area contributed by atoms with Crippen LogP contribution in [0.2, 0.25) is 0 Å². The maximum Gasteiger partial charge on any atom is 1.00 e. The fourth-order valence-corrected chi connectivity index (χ4v) is 4.03. The summed E-state index contributed by atoms with van der Waals surface area (Å²) in [4.78, 5) is -3.07. The molecule has 0 saturated heterocycles. The smallest absolute Gasteiger partial charge is 0.744 e. The first-order valence-electron chi connectivity index (χ1n) is 5.50. The van der Waals surface area contributed by atoms with Crippen LogP contribution in [0.4, 0.5) is 5.69 Å². The van der Waals surface area contributed by atoms with E-state index in [1.165, 1.54) is 0 Å². The van der Waals surface area contributed by atoms with Crippen LogP contribution in [0.3, 0.4) is 0 Å². The molecular weight excluding hydrogens is 397 g/mol. The molecule has 2 aromatic rings. The molecule has 0 amide bonds. The Morgan fingerprint density at radius 2 is 1.38 bits per heavy atom. The molecule has 0 atom stereocenters. The Bertz CT molecular complexity index is 1140. The fraction of sp³-hybridized carbons (Fsp3) is 0. The van der Waals surface area contributed by atoms with Crippen LogP contribution in [0.5, 0.6) is 0 Å². The van der Waals surface area contributed by atoms with Gasteiger partial charge in [0, 0.05) is 16.5 Å². The Kier molecular flexibility index (Phi) is 5.77. The number of nitrogen functional groups attached to an aromatic ring is 1. The number of rotatable bonds is 3. The zero-order valence-electron chi connectivity index (χ0n) is 11.9. The summed E-state index contributed by atoms with van der Waals surface area (Å²) >= 11 is 0. The van der Waals surface area contributed by atoms with Crippen LogP contribution in [0.25, 0.3) is 10.8 Å². The molecule has 126 valence electrons. The topological polar surface area (TPSA) is 192 Å². The van der Waals surface area contributed by atoms with Crippen molar-refractivity contribution in [3.05, 3.63) is 24.3 Å². The Labute approximate surface area is 159 Å². The second-order valence-electron chi connectivity index (χ2n) is 4.40. The predicted octanol–water partition coefficient (Wildman–Crippen LogP) is -3.18. The van der Waals surface area contributed by atoms with Gasteiger partial charge in [-0.3, -0.25) is 9.11 Å². The van der Waals surface area contributed by atoms with Crippen LogP contribution in [0.15, 0.2) is 39.0 Å². The molecule has 14 heteroatoms. The average molecular weight is 405 g/mol. The molecule has 24 heavy (non-hydrogen) atoms. The Balaban J connectivity index is 0.00000288. The number of hydrogen-bond donors (Lipinski definition) is 3. The van der Waals surface area contributed by atoms with Gasteiger partial charge in [0.1, 0.15) is 19.9 Å². The minimum absolute atomic E-state index is 0. The summed E-state index contributed by atoms with van der Waals surface area (Å²) in [6.45, 7) is 0. The number of hydrogen-bond acceptors (Lipinski definition) is 8. The van der Waals surface area contributed by atoms with Crippen molar-refractivity contribution < 1.29 is 68.5 Å². The molecule has 0 bridgehead atoms. The van der Waals surface area contributed by atoms with Crippen LogP contribution in [-0.4, -0.2) is 38.9 Å². The molecule has 0 aliphatic carbocycles. The van der Waals surface area contributed by atoms with E-state index in [9.17, 15) is 34.4 Å². The van der Waals surface area contributed by atoms with Crippen LogP contribution in [-0.2, 0) is 30.4 Å². The first-order valence-corrected chi connectivity index (χ1v) is 9.79. The van der Waals surface area contributed by atoms with Gasteiger partial charge in [0.25, 0.3) is 20.2 Å². The number of benzene rings is 2. The van der Waals surface area contributed by atoms with Gasteiger partial charge in [-0.2, -0.15) is 16.8 Å². The predicted molar refractivity (Wildman–Crippen MR) is 76.0 cm³/mol. The first kappa shape index (κ1) is 21.3. The Hall–Kier alpha value is -0.770. The van der Waals surface area contributed by atoms with Crippen molar-refractivity contribution in [3.63, 3.8) is 0 Å². The van der Waals surface area contributed by atoms with E-state index < -0.39 is 55.8 Å². The van der Waals surface area contributed by atoms with Crippen LogP contribution >= 0.6 is 0 Å². The second-order valence-corrected chi connectivity index (χ2v) is 8.56. The Morgan fingerprint density at radius 1 is 0.875 bits per heavy atom. The quantitative estimate of drug-likeness (QED) is 0.266. The van der Waals surface area contributed by atoms with Crippen LogP contribution < -0.4 is 35.3 Å². The van der Waals surface area contributed by atoms with Crippen molar-refractivity contribution in [2.75, 3.05) is 5.73 Å². The molecule has 0 aliphatic rings. The average Bonchev–Trinajstić information content (AvgIpc) is 2.34. The van der Waals surface area contributed by atoms with E-state index in [2.05, 4.69) is 0 Å². The second kappa shape index (κ2) is 6.51. The number of fused-ring (bicyclic) bond motifs is 1. The van der Waals surface area contributed by atoms with E-state index in [1.807, 2.05) is 0 Å². The summed E-state index contributed by atoms with van der Waals surface area (Å²) < 4.78 is 97.3. The fourth-order valence-electron chi connectivity index (χ4n) is 1.99. The summed E-state index contributed by atoms with van der Waals surface area (Å²) in [6.07, 6.45) is 0. The van der Waals surface area contributed by atoms with Gasteiger partial charge in [0.05, 0.1) is 4.90 Å². The minimum Gasteiger partial charge on any atom is -0.744 e. The minimum atomic E-state index is -5.19. The van der Waals surface area contributed by atoms with Crippen LogP contribution in [0, 0.1) is 0 Å². The van der Waals surface area contributed by atoms with Crippen molar-refractivity contribution >= 4 is 46.8 Å². The third-order valence-corrected chi connectivity index (χ3v) is 5.49. The van der Waals surface area contributed by atoms with Crippen molar-refractivity contribution in [3.8, 4) is 0 Å². The maximum atomic E-state index is 11.4. The number of nitrogens with two attached hydrogens (primary N) is 1. The van der Waals surface area contributed by atoms with E-state index in [4.69, 9.17) is 10.3 Å². The molecule has 0 unspecified atom stereocenters. The maximum absolute atomic E-state index is 11.4. The van der Waals surface area contributed by atoms with E-state index in [0.29, 0.717) is 12.1 Å². The molecule has 0 aromatic heterocycles. The summed E-state index contributed by atoms with van der Waals surface area (Å²) in [5.74, 6) is 0. The van der Waals surface area contributed by atoms with E-state index >= 15 is 0 Å². The van der Waals surface area contributed by atoms with Crippen molar-refractivity contribution in [2.45, 2.75) is 14.7 Å². The third-order valence-electron chi connectivity index (χ3n) is 2.89.